The molecule has 0 saturated heterocycles. The number of phenolic OH excluding ortho intramolecular Hbond substituents is 2. The van der Waals surface area contributed by atoms with Crippen LogP contribution in [0.25, 0.3) is 21.5 Å². The summed E-state index contributed by atoms with van der Waals surface area (Å²) in [5.74, 6) is -0.584. The number of aryl methyl sites for hydroxylation is 2. The smallest absolute Gasteiger partial charge is 0.262 e. The predicted octanol–water partition coefficient (Wildman–Crippen LogP) is 5.06. The van der Waals surface area contributed by atoms with Crippen molar-refractivity contribution in [2.24, 2.45) is 0 Å². The van der Waals surface area contributed by atoms with Crippen molar-refractivity contribution >= 4 is 33.1 Å². The van der Waals surface area contributed by atoms with E-state index in [1.54, 1.807) is 22.6 Å². The lowest BCUT2D eigenvalue weighted by atomic mass is 9.93. The summed E-state index contributed by atoms with van der Waals surface area (Å²) in [6.07, 6.45) is 3.27. The zero-order valence-electron chi connectivity index (χ0n) is 17.2. The van der Waals surface area contributed by atoms with Crippen LogP contribution in [0.5, 0.6) is 11.5 Å². The van der Waals surface area contributed by atoms with Crippen LogP contribution in [0.4, 0.5) is 5.69 Å². The first-order valence-electron chi connectivity index (χ1n) is 10.1. The Labute approximate surface area is 183 Å². The molecule has 3 heterocycles. The van der Waals surface area contributed by atoms with Crippen LogP contribution < -0.4 is 4.90 Å². The largest absolute Gasteiger partial charge is 0.508 e. The summed E-state index contributed by atoms with van der Waals surface area (Å²) in [4.78, 5) is 24.9. The fourth-order valence-electron chi connectivity index (χ4n) is 4.28. The lowest BCUT2D eigenvalue weighted by Crippen LogP contribution is -2.42. The third-order valence-electron chi connectivity index (χ3n) is 5.87. The van der Waals surface area contributed by atoms with Gasteiger partial charge in [0.2, 0.25) is 0 Å². The van der Waals surface area contributed by atoms with E-state index in [9.17, 15) is 15.0 Å². The molecule has 2 aromatic heterocycles. The third kappa shape index (κ3) is 3.21. The summed E-state index contributed by atoms with van der Waals surface area (Å²) in [5, 5.41) is 22.9. The minimum atomic E-state index is -0.281. The number of amides is 1. The summed E-state index contributed by atoms with van der Waals surface area (Å²) in [6, 6.07) is 10.1. The zero-order chi connectivity index (χ0) is 21.7. The van der Waals surface area contributed by atoms with E-state index < -0.39 is 0 Å². The first-order chi connectivity index (χ1) is 14.9. The van der Waals surface area contributed by atoms with Crippen molar-refractivity contribution in [2.45, 2.75) is 32.7 Å². The third-order valence-corrected chi connectivity index (χ3v) is 6.87. The Morgan fingerprint density at radius 1 is 1.16 bits per heavy atom. The normalized spacial score (nSPS) is 15.8. The lowest BCUT2D eigenvalue weighted by molar-refractivity contribution is 0.0972. The molecular weight excluding hydrogens is 410 g/mol. The average Bonchev–Trinajstić information content (AvgIpc) is 3.14. The van der Waals surface area contributed by atoms with E-state index in [4.69, 9.17) is 0 Å². The molecule has 0 aliphatic carbocycles. The lowest BCUT2D eigenvalue weighted by Gasteiger charge is -2.35. The van der Waals surface area contributed by atoms with Crippen molar-refractivity contribution in [2.75, 3.05) is 4.90 Å². The van der Waals surface area contributed by atoms with Gasteiger partial charge in [0.15, 0.2) is 0 Å². The van der Waals surface area contributed by atoms with Gasteiger partial charge in [0.05, 0.1) is 11.3 Å². The monoisotopic (exact) mass is 431 g/mol. The minimum absolute atomic E-state index is 0.0103. The van der Waals surface area contributed by atoms with E-state index in [1.165, 1.54) is 18.2 Å². The number of carbonyl (C=O) groups excluding carboxylic acids is 1. The number of hydrogen-bond acceptors (Lipinski definition) is 6. The quantitative estimate of drug-likeness (QED) is 0.463. The van der Waals surface area contributed by atoms with Crippen molar-refractivity contribution in [1.29, 1.82) is 0 Å². The molecule has 5 rings (SSSR count). The molecule has 0 saturated carbocycles. The highest BCUT2D eigenvalue weighted by atomic mass is 32.1. The topological polar surface area (TPSA) is 86.6 Å². The Kier molecular flexibility index (Phi) is 4.63. The number of carbonyl (C=O) groups is 1. The van der Waals surface area contributed by atoms with Crippen LogP contribution in [0.15, 0.2) is 48.1 Å². The van der Waals surface area contributed by atoms with Gasteiger partial charge >= 0.3 is 0 Å². The van der Waals surface area contributed by atoms with Crippen LogP contribution in [-0.4, -0.2) is 32.1 Å². The van der Waals surface area contributed by atoms with Crippen molar-refractivity contribution in [3.63, 3.8) is 0 Å². The molecule has 7 heteroatoms. The molecule has 156 valence electrons. The summed E-state index contributed by atoms with van der Waals surface area (Å²) in [5.41, 5.74) is 5.14. The van der Waals surface area contributed by atoms with Crippen LogP contribution >= 0.6 is 11.3 Å². The second kappa shape index (κ2) is 7.35. The number of nitrogens with zero attached hydrogens (tertiary/aromatic N) is 3. The van der Waals surface area contributed by atoms with E-state index >= 15 is 0 Å². The molecule has 4 aromatic rings. The van der Waals surface area contributed by atoms with E-state index in [1.807, 2.05) is 19.1 Å². The Morgan fingerprint density at radius 2 is 2.00 bits per heavy atom. The highest BCUT2D eigenvalue weighted by molar-refractivity contribution is 7.17. The van der Waals surface area contributed by atoms with Gasteiger partial charge in [-0.2, -0.15) is 0 Å². The first-order valence-corrected chi connectivity index (χ1v) is 11.0. The predicted molar refractivity (Wildman–Crippen MR) is 122 cm³/mol. The molecule has 1 aliphatic rings. The number of benzene rings is 2. The molecular formula is C24H21N3O3S. The van der Waals surface area contributed by atoms with Crippen molar-refractivity contribution in [3.8, 4) is 22.8 Å². The maximum absolute atomic E-state index is 13.3. The van der Waals surface area contributed by atoms with Gasteiger partial charge in [-0.1, -0.05) is 6.07 Å². The molecule has 0 bridgehead atoms. The summed E-state index contributed by atoms with van der Waals surface area (Å²) < 4.78 is 0. The average molecular weight is 432 g/mol. The van der Waals surface area contributed by atoms with Crippen molar-refractivity contribution in [3.05, 3.63) is 64.8 Å². The zero-order valence-corrected chi connectivity index (χ0v) is 18.0. The number of fused-ring (bicyclic) bond motifs is 2. The van der Waals surface area contributed by atoms with E-state index in [-0.39, 0.29) is 29.0 Å². The number of anilines is 1. The summed E-state index contributed by atoms with van der Waals surface area (Å²) >= 11 is 1.61. The minimum Gasteiger partial charge on any atom is -0.508 e. The second-order valence-electron chi connectivity index (χ2n) is 7.93. The number of rotatable bonds is 2. The SMILES string of the molecule is Cc1csc2ncnc(-c3ccc4c(c3)CCC(C)N4C(=O)c3ccc(O)cc3O)c12. The fraction of sp³-hybridized carbons (Fsp3) is 0.208. The standard InChI is InChI=1S/C24H21N3O3S/c1-13-11-31-23-21(13)22(25-12-26-23)16-5-8-19-15(9-16)4-3-14(2)27(19)24(30)18-7-6-17(28)10-20(18)29/h5-12,14,28-29H,3-4H2,1-2H3. The van der Waals surface area contributed by atoms with Gasteiger partial charge in [0, 0.05) is 28.7 Å². The van der Waals surface area contributed by atoms with Crippen molar-refractivity contribution < 1.29 is 15.0 Å². The molecule has 1 aliphatic heterocycles. The maximum atomic E-state index is 13.3. The summed E-state index contributed by atoms with van der Waals surface area (Å²) in [7, 11) is 0. The molecule has 1 amide bonds. The van der Waals surface area contributed by atoms with E-state index in [0.717, 1.165) is 51.1 Å². The van der Waals surface area contributed by atoms with Gasteiger partial charge in [0.1, 0.15) is 22.7 Å². The van der Waals surface area contributed by atoms with Crippen LogP contribution in [0.1, 0.15) is 34.8 Å². The van der Waals surface area contributed by atoms with Gasteiger partial charge < -0.3 is 15.1 Å². The second-order valence-corrected chi connectivity index (χ2v) is 8.79. The van der Waals surface area contributed by atoms with E-state index in [0.29, 0.717) is 0 Å². The molecule has 1 atom stereocenters. The highest BCUT2D eigenvalue weighted by Crippen LogP contribution is 2.38. The Balaban J connectivity index is 1.59. The van der Waals surface area contributed by atoms with Gasteiger partial charge in [0.25, 0.3) is 5.91 Å². The molecule has 2 N–H and O–H groups in total. The van der Waals surface area contributed by atoms with Gasteiger partial charge in [-0.05, 0) is 67.5 Å². The molecule has 0 radical (unpaired) electrons. The number of phenols is 2. The van der Waals surface area contributed by atoms with Gasteiger partial charge in [-0.15, -0.1) is 11.3 Å². The summed E-state index contributed by atoms with van der Waals surface area (Å²) in [6.45, 7) is 4.07. The molecule has 31 heavy (non-hydrogen) atoms. The molecule has 0 fully saturated rings. The van der Waals surface area contributed by atoms with Crippen molar-refractivity contribution in [1.82, 2.24) is 9.97 Å². The molecule has 1 unspecified atom stereocenters. The Bertz CT molecular complexity index is 1330. The first kappa shape index (κ1) is 19.5. The van der Waals surface area contributed by atoms with Gasteiger partial charge in [-0.3, -0.25) is 4.79 Å². The Hall–Kier alpha value is -3.45. The van der Waals surface area contributed by atoms with Crippen LogP contribution in [0.3, 0.4) is 0 Å². The van der Waals surface area contributed by atoms with E-state index in [2.05, 4.69) is 28.3 Å². The number of aromatic nitrogens is 2. The van der Waals surface area contributed by atoms with Crippen LogP contribution in [-0.2, 0) is 6.42 Å². The molecule has 2 aromatic carbocycles. The number of thiophene rings is 1. The number of aromatic hydroxyl groups is 2. The van der Waals surface area contributed by atoms with Crippen LogP contribution in [0.2, 0.25) is 0 Å². The Morgan fingerprint density at radius 3 is 2.81 bits per heavy atom. The molecule has 6 nitrogen and oxygen atoms in total. The molecule has 0 spiro atoms. The van der Waals surface area contributed by atoms with Gasteiger partial charge in [-0.25, -0.2) is 9.97 Å². The number of hydrogen-bond donors (Lipinski definition) is 2. The fourth-order valence-corrected chi connectivity index (χ4v) is 5.17. The maximum Gasteiger partial charge on any atom is 0.262 e. The highest BCUT2D eigenvalue weighted by Gasteiger charge is 2.30. The van der Waals surface area contributed by atoms with Crippen LogP contribution in [0, 0.1) is 6.92 Å².